The number of ether oxygens (including phenoxy) is 1. The van der Waals surface area contributed by atoms with E-state index in [0.29, 0.717) is 16.3 Å². The lowest BCUT2D eigenvalue weighted by atomic mass is 10.1. The van der Waals surface area contributed by atoms with Gasteiger partial charge in [0.05, 0.1) is 12.0 Å². The fraction of sp³-hybridized carbons (Fsp3) is 0.235. The van der Waals surface area contributed by atoms with Crippen LogP contribution < -0.4 is 10.5 Å². The van der Waals surface area contributed by atoms with Crippen molar-refractivity contribution >= 4 is 27.4 Å². The molecule has 3 atom stereocenters. The molecule has 0 radical (unpaired) electrons. The van der Waals surface area contributed by atoms with Gasteiger partial charge in [-0.25, -0.2) is 8.42 Å². The molecule has 0 bridgehead atoms. The maximum atomic E-state index is 12.9. The Balaban J connectivity index is 2.03. The average Bonchev–Trinajstić information content (AvgIpc) is 3.24. The summed E-state index contributed by atoms with van der Waals surface area (Å²) in [6.07, 6.45) is 0. The van der Waals surface area contributed by atoms with Crippen LogP contribution in [0.5, 0.6) is 5.75 Å². The van der Waals surface area contributed by atoms with E-state index in [1.165, 1.54) is 31.4 Å². The fourth-order valence-corrected chi connectivity index (χ4v) is 5.46. The minimum Gasteiger partial charge on any atom is -0.497 e. The van der Waals surface area contributed by atoms with Gasteiger partial charge in [-0.1, -0.05) is 23.7 Å². The summed E-state index contributed by atoms with van der Waals surface area (Å²) in [4.78, 5) is 11.7. The number of carboxylic acid groups (broad SMARTS) is 1. The van der Waals surface area contributed by atoms with Crippen molar-refractivity contribution in [1.29, 1.82) is 0 Å². The smallest absolute Gasteiger partial charge is 0.325 e. The predicted molar refractivity (Wildman–Crippen MR) is 92.7 cm³/mol. The molecule has 3 rings (SSSR count). The second kappa shape index (κ2) is 6.01. The number of nitrogens with two attached hydrogens (primary N) is 1. The Hall–Kier alpha value is -2.09. The highest BCUT2D eigenvalue weighted by molar-refractivity contribution is 7.92. The normalized spacial score (nSPS) is 25.4. The topological polar surface area (TPSA) is 107 Å². The summed E-state index contributed by atoms with van der Waals surface area (Å²) in [5.74, 6) is -1.62. The van der Waals surface area contributed by atoms with Crippen LogP contribution in [0.25, 0.3) is 0 Å². The number of hydrogen-bond acceptors (Lipinski definition) is 5. The van der Waals surface area contributed by atoms with E-state index in [4.69, 9.17) is 22.1 Å². The van der Waals surface area contributed by atoms with Gasteiger partial charge in [-0.2, -0.15) is 0 Å². The number of sulfone groups is 1. The molecule has 1 saturated carbocycles. The molecule has 0 aliphatic heterocycles. The van der Waals surface area contributed by atoms with Gasteiger partial charge in [0.1, 0.15) is 16.5 Å². The van der Waals surface area contributed by atoms with Crippen LogP contribution in [0.3, 0.4) is 0 Å². The zero-order chi connectivity index (χ0) is 18.4. The van der Waals surface area contributed by atoms with Gasteiger partial charge in [0.25, 0.3) is 0 Å². The van der Waals surface area contributed by atoms with E-state index in [-0.39, 0.29) is 4.90 Å². The molecular weight excluding hydrogens is 366 g/mol. The van der Waals surface area contributed by atoms with E-state index in [1.807, 2.05) is 0 Å². The van der Waals surface area contributed by atoms with Crippen molar-refractivity contribution in [3.05, 3.63) is 59.1 Å². The zero-order valence-corrected chi connectivity index (χ0v) is 14.8. The molecule has 0 heterocycles. The molecule has 1 aliphatic rings. The lowest BCUT2D eigenvalue weighted by Gasteiger charge is -2.07. The first kappa shape index (κ1) is 17.7. The van der Waals surface area contributed by atoms with Gasteiger partial charge in [0.2, 0.25) is 0 Å². The van der Waals surface area contributed by atoms with Crippen molar-refractivity contribution in [1.82, 2.24) is 0 Å². The van der Waals surface area contributed by atoms with Crippen LogP contribution in [-0.2, 0) is 14.6 Å². The Bertz CT molecular complexity index is 911. The largest absolute Gasteiger partial charge is 0.497 e. The zero-order valence-electron chi connectivity index (χ0n) is 13.2. The van der Waals surface area contributed by atoms with E-state index in [9.17, 15) is 18.3 Å². The second-order valence-corrected chi connectivity index (χ2v) is 8.41. The molecular formula is C17H16ClNO5S. The number of rotatable bonds is 5. The molecule has 1 aliphatic carbocycles. The van der Waals surface area contributed by atoms with Crippen molar-refractivity contribution in [3.8, 4) is 5.75 Å². The molecule has 1 fully saturated rings. The van der Waals surface area contributed by atoms with E-state index in [0.717, 1.165) is 0 Å². The SMILES string of the molecule is COc1ccc(C2C(S(=O)(=O)c3ccc(Cl)cc3)C2(N)C(=O)O)cc1. The lowest BCUT2D eigenvalue weighted by molar-refractivity contribution is -0.139. The molecule has 132 valence electrons. The third kappa shape index (κ3) is 2.78. The summed E-state index contributed by atoms with van der Waals surface area (Å²) in [5.41, 5.74) is 4.65. The molecule has 25 heavy (non-hydrogen) atoms. The van der Waals surface area contributed by atoms with Crippen molar-refractivity contribution < 1.29 is 23.1 Å². The summed E-state index contributed by atoms with van der Waals surface area (Å²) in [5, 5.41) is 8.66. The Morgan fingerprint density at radius 1 is 1.16 bits per heavy atom. The molecule has 0 aromatic heterocycles. The highest BCUT2D eigenvalue weighted by Gasteiger charge is 2.74. The summed E-state index contributed by atoms with van der Waals surface area (Å²) in [6.45, 7) is 0. The van der Waals surface area contributed by atoms with Gasteiger partial charge in [-0.15, -0.1) is 0 Å². The van der Waals surface area contributed by atoms with E-state index in [1.54, 1.807) is 24.3 Å². The Morgan fingerprint density at radius 2 is 1.72 bits per heavy atom. The molecule has 3 N–H and O–H groups in total. The van der Waals surface area contributed by atoms with Gasteiger partial charge in [0, 0.05) is 10.9 Å². The maximum Gasteiger partial charge on any atom is 0.325 e. The average molecular weight is 382 g/mol. The summed E-state index contributed by atoms with van der Waals surface area (Å²) < 4.78 is 30.9. The van der Waals surface area contributed by atoms with E-state index < -0.39 is 32.5 Å². The second-order valence-electron chi connectivity index (χ2n) is 5.91. The third-order valence-corrected chi connectivity index (χ3v) is 7.01. The van der Waals surface area contributed by atoms with Crippen LogP contribution in [0.2, 0.25) is 5.02 Å². The first-order valence-corrected chi connectivity index (χ1v) is 9.31. The number of aliphatic carboxylic acids is 1. The highest BCUT2D eigenvalue weighted by Crippen LogP contribution is 2.56. The molecule has 2 aromatic rings. The first-order chi connectivity index (χ1) is 11.7. The maximum absolute atomic E-state index is 12.9. The third-order valence-electron chi connectivity index (χ3n) is 4.50. The summed E-state index contributed by atoms with van der Waals surface area (Å²) >= 11 is 5.79. The number of methoxy groups -OCH3 is 1. The number of carboxylic acids is 1. The number of hydrogen-bond donors (Lipinski definition) is 2. The van der Waals surface area contributed by atoms with Crippen LogP contribution in [0.4, 0.5) is 0 Å². The summed E-state index contributed by atoms with van der Waals surface area (Å²) in [6, 6.07) is 12.1. The molecule has 2 aromatic carbocycles. The number of carbonyl (C=O) groups is 1. The van der Waals surface area contributed by atoms with E-state index >= 15 is 0 Å². The molecule has 0 spiro atoms. The molecule has 6 nitrogen and oxygen atoms in total. The number of halogens is 1. The quantitative estimate of drug-likeness (QED) is 0.821. The molecule has 0 saturated heterocycles. The van der Waals surface area contributed by atoms with Gasteiger partial charge in [0.15, 0.2) is 9.84 Å². The van der Waals surface area contributed by atoms with Crippen LogP contribution in [0.15, 0.2) is 53.4 Å². The monoisotopic (exact) mass is 381 g/mol. The minimum atomic E-state index is -3.94. The Labute approximate surface area is 150 Å². The summed E-state index contributed by atoms with van der Waals surface area (Å²) in [7, 11) is -2.44. The van der Waals surface area contributed by atoms with Gasteiger partial charge >= 0.3 is 5.97 Å². The predicted octanol–water partition coefficient (Wildman–Crippen LogP) is 2.07. The number of benzene rings is 2. The van der Waals surface area contributed by atoms with Crippen molar-refractivity contribution in [2.45, 2.75) is 21.6 Å². The molecule has 3 unspecified atom stereocenters. The van der Waals surface area contributed by atoms with Crippen molar-refractivity contribution in [3.63, 3.8) is 0 Å². The van der Waals surface area contributed by atoms with Crippen LogP contribution in [0.1, 0.15) is 11.5 Å². The van der Waals surface area contributed by atoms with Gasteiger partial charge in [-0.3, -0.25) is 4.79 Å². The van der Waals surface area contributed by atoms with Crippen LogP contribution >= 0.6 is 11.6 Å². The standard InChI is InChI=1S/C17H16ClNO5S/c1-24-12-6-2-10(3-7-12)14-15(17(14,19)16(20)21)25(22,23)13-8-4-11(18)5-9-13/h2-9,14-15H,19H2,1H3,(H,20,21). The molecule has 0 amide bonds. The Morgan fingerprint density at radius 3 is 2.20 bits per heavy atom. The minimum absolute atomic E-state index is 0.00557. The molecule has 8 heteroatoms. The van der Waals surface area contributed by atoms with Gasteiger partial charge in [-0.05, 0) is 42.0 Å². The fourth-order valence-electron chi connectivity index (χ4n) is 3.10. The Kier molecular flexibility index (Phi) is 4.26. The van der Waals surface area contributed by atoms with E-state index in [2.05, 4.69) is 0 Å². The van der Waals surface area contributed by atoms with Crippen LogP contribution in [0, 0.1) is 0 Å². The lowest BCUT2D eigenvalue weighted by Crippen LogP contribution is -2.39. The van der Waals surface area contributed by atoms with Crippen molar-refractivity contribution in [2.24, 2.45) is 5.73 Å². The highest BCUT2D eigenvalue weighted by atomic mass is 35.5. The van der Waals surface area contributed by atoms with Crippen molar-refractivity contribution in [2.75, 3.05) is 7.11 Å². The van der Waals surface area contributed by atoms with Crippen LogP contribution in [-0.4, -0.2) is 37.4 Å². The first-order valence-electron chi connectivity index (χ1n) is 7.38. The van der Waals surface area contributed by atoms with Gasteiger partial charge < -0.3 is 15.6 Å².